The predicted octanol–water partition coefficient (Wildman–Crippen LogP) is 1.48. The molecule has 0 saturated heterocycles. The van der Waals surface area contributed by atoms with Crippen LogP contribution in [0, 0.1) is 0 Å². The number of hydrogen-bond acceptors (Lipinski definition) is 6. The van der Waals surface area contributed by atoms with E-state index in [4.69, 9.17) is 15.7 Å². The van der Waals surface area contributed by atoms with E-state index in [0.29, 0.717) is 17.0 Å². The van der Waals surface area contributed by atoms with Crippen molar-refractivity contribution in [1.29, 1.82) is 0 Å². The summed E-state index contributed by atoms with van der Waals surface area (Å²) in [6, 6.07) is 12.0. The van der Waals surface area contributed by atoms with Gasteiger partial charge < -0.3 is 31.6 Å². The SMILES string of the molecule is COc1ccccc1C(CNC(=O)Nc1ccc(C=NN)cc1)C(=O)NC(C)C(=O)O. The van der Waals surface area contributed by atoms with Crippen LogP contribution in [-0.4, -0.2) is 48.9 Å². The molecule has 0 saturated carbocycles. The van der Waals surface area contributed by atoms with Gasteiger partial charge in [-0.1, -0.05) is 30.3 Å². The van der Waals surface area contributed by atoms with Gasteiger partial charge >= 0.3 is 12.0 Å². The molecule has 3 amide bonds. The Balaban J connectivity index is 2.12. The number of hydrazone groups is 1. The first-order chi connectivity index (χ1) is 14.8. The van der Waals surface area contributed by atoms with Crippen LogP contribution in [0.3, 0.4) is 0 Å². The van der Waals surface area contributed by atoms with Crippen molar-refractivity contribution in [2.24, 2.45) is 10.9 Å². The number of rotatable bonds is 9. The highest BCUT2D eigenvalue weighted by molar-refractivity contribution is 5.92. The molecule has 0 aliphatic heterocycles. The number of ether oxygens (including phenoxy) is 1. The zero-order valence-corrected chi connectivity index (χ0v) is 17.2. The number of para-hydroxylation sites is 1. The quantitative estimate of drug-likeness (QED) is 0.232. The fourth-order valence-electron chi connectivity index (χ4n) is 2.78. The van der Waals surface area contributed by atoms with Crippen LogP contribution in [0.2, 0.25) is 0 Å². The number of carbonyl (C=O) groups is 3. The van der Waals surface area contributed by atoms with Gasteiger partial charge in [0.05, 0.1) is 19.2 Å². The lowest BCUT2D eigenvalue weighted by atomic mass is 9.96. The van der Waals surface area contributed by atoms with Gasteiger partial charge in [-0.05, 0) is 30.7 Å². The molecule has 2 rings (SSSR count). The predicted molar refractivity (Wildman–Crippen MR) is 116 cm³/mol. The molecule has 10 heteroatoms. The number of aliphatic carboxylic acids is 1. The van der Waals surface area contributed by atoms with Crippen molar-refractivity contribution in [3.8, 4) is 5.75 Å². The second-order valence-corrected chi connectivity index (χ2v) is 6.60. The number of nitrogens with one attached hydrogen (secondary N) is 3. The number of amides is 3. The highest BCUT2D eigenvalue weighted by atomic mass is 16.5. The van der Waals surface area contributed by atoms with E-state index in [0.717, 1.165) is 5.56 Å². The van der Waals surface area contributed by atoms with Crippen molar-refractivity contribution in [2.75, 3.05) is 19.0 Å². The number of hydrogen-bond donors (Lipinski definition) is 5. The summed E-state index contributed by atoms with van der Waals surface area (Å²) in [5, 5.41) is 20.2. The van der Waals surface area contributed by atoms with Crippen molar-refractivity contribution in [2.45, 2.75) is 18.9 Å². The van der Waals surface area contributed by atoms with Crippen LogP contribution in [-0.2, 0) is 9.59 Å². The monoisotopic (exact) mass is 427 g/mol. The molecule has 0 aromatic heterocycles. The third-order valence-electron chi connectivity index (χ3n) is 4.42. The van der Waals surface area contributed by atoms with Gasteiger partial charge in [-0.25, -0.2) is 4.79 Å². The Morgan fingerprint density at radius 3 is 2.45 bits per heavy atom. The molecular formula is C21H25N5O5. The summed E-state index contributed by atoms with van der Waals surface area (Å²) in [6.07, 6.45) is 1.47. The smallest absolute Gasteiger partial charge is 0.325 e. The summed E-state index contributed by atoms with van der Waals surface area (Å²) in [7, 11) is 1.47. The van der Waals surface area contributed by atoms with Crippen LogP contribution >= 0.6 is 0 Å². The second kappa shape index (κ2) is 11.2. The molecule has 164 valence electrons. The van der Waals surface area contributed by atoms with Gasteiger partial charge in [0, 0.05) is 17.8 Å². The third kappa shape index (κ3) is 6.74. The molecular weight excluding hydrogens is 402 g/mol. The van der Waals surface area contributed by atoms with Crippen LogP contribution in [0.15, 0.2) is 53.6 Å². The number of anilines is 1. The fourth-order valence-corrected chi connectivity index (χ4v) is 2.78. The molecule has 0 aliphatic carbocycles. The molecule has 10 nitrogen and oxygen atoms in total. The van der Waals surface area contributed by atoms with Gasteiger partial charge in [0.25, 0.3) is 0 Å². The number of nitrogens with two attached hydrogens (primary N) is 1. The Morgan fingerprint density at radius 2 is 1.84 bits per heavy atom. The standard InChI is InChI=1S/C21H25N5O5/c1-13(20(28)29)25-19(27)17(16-5-3-4-6-18(16)31-2)12-23-21(30)26-15-9-7-14(8-10-15)11-24-22/h3-11,13,17H,12,22H2,1-2H3,(H,25,27)(H,28,29)(H2,23,26,30). The summed E-state index contributed by atoms with van der Waals surface area (Å²) < 4.78 is 5.32. The topological polar surface area (TPSA) is 155 Å². The number of carboxylic acid groups (broad SMARTS) is 1. The first kappa shape index (κ1) is 23.2. The van der Waals surface area contributed by atoms with E-state index in [1.807, 2.05) is 0 Å². The number of benzene rings is 2. The van der Waals surface area contributed by atoms with Crippen molar-refractivity contribution in [3.05, 3.63) is 59.7 Å². The Bertz CT molecular complexity index is 945. The number of urea groups is 1. The van der Waals surface area contributed by atoms with E-state index in [1.54, 1.807) is 48.5 Å². The molecule has 6 N–H and O–H groups in total. The van der Waals surface area contributed by atoms with Crippen molar-refractivity contribution < 1.29 is 24.2 Å². The van der Waals surface area contributed by atoms with Crippen molar-refractivity contribution in [1.82, 2.24) is 10.6 Å². The van der Waals surface area contributed by atoms with E-state index in [2.05, 4.69) is 21.1 Å². The summed E-state index contributed by atoms with van der Waals surface area (Å²) in [6.45, 7) is 1.28. The van der Waals surface area contributed by atoms with Gasteiger partial charge in [0.1, 0.15) is 11.8 Å². The maximum atomic E-state index is 12.8. The number of nitrogens with zero attached hydrogens (tertiary/aromatic N) is 1. The van der Waals surface area contributed by atoms with Gasteiger partial charge in [-0.2, -0.15) is 5.10 Å². The van der Waals surface area contributed by atoms with Gasteiger partial charge in [-0.3, -0.25) is 9.59 Å². The molecule has 2 aromatic rings. The van der Waals surface area contributed by atoms with Crippen LogP contribution in [0.1, 0.15) is 24.0 Å². The first-order valence-corrected chi connectivity index (χ1v) is 9.40. The average Bonchev–Trinajstić information content (AvgIpc) is 2.75. The zero-order chi connectivity index (χ0) is 22.8. The zero-order valence-electron chi connectivity index (χ0n) is 17.2. The lowest BCUT2D eigenvalue weighted by molar-refractivity contribution is -0.141. The normalized spacial score (nSPS) is 12.6. The molecule has 2 aromatic carbocycles. The largest absolute Gasteiger partial charge is 0.496 e. The molecule has 31 heavy (non-hydrogen) atoms. The van der Waals surface area contributed by atoms with Gasteiger partial charge in [0.15, 0.2) is 0 Å². The van der Waals surface area contributed by atoms with E-state index in [1.165, 1.54) is 20.2 Å². The van der Waals surface area contributed by atoms with Gasteiger partial charge in [-0.15, -0.1) is 0 Å². The van der Waals surface area contributed by atoms with Crippen LogP contribution < -0.4 is 26.5 Å². The minimum Gasteiger partial charge on any atom is -0.496 e. The molecule has 2 unspecified atom stereocenters. The maximum Gasteiger partial charge on any atom is 0.325 e. The van der Waals surface area contributed by atoms with Crippen LogP contribution in [0.5, 0.6) is 5.75 Å². The minimum absolute atomic E-state index is 0.0811. The molecule has 0 radical (unpaired) electrons. The summed E-state index contributed by atoms with van der Waals surface area (Å²) in [4.78, 5) is 36.2. The summed E-state index contributed by atoms with van der Waals surface area (Å²) in [5.74, 6) is 2.97. The Kier molecular flexibility index (Phi) is 8.38. The Hall–Kier alpha value is -4.08. The van der Waals surface area contributed by atoms with Crippen molar-refractivity contribution >= 4 is 29.8 Å². The molecule has 0 bridgehead atoms. The van der Waals surface area contributed by atoms with Crippen LogP contribution in [0.4, 0.5) is 10.5 Å². The average molecular weight is 427 g/mol. The Morgan fingerprint density at radius 1 is 1.16 bits per heavy atom. The molecule has 0 fully saturated rings. The van der Waals surface area contributed by atoms with E-state index < -0.39 is 29.9 Å². The lowest BCUT2D eigenvalue weighted by Gasteiger charge is -2.21. The summed E-state index contributed by atoms with van der Waals surface area (Å²) >= 11 is 0. The maximum absolute atomic E-state index is 12.8. The highest BCUT2D eigenvalue weighted by Gasteiger charge is 2.27. The number of methoxy groups -OCH3 is 1. The molecule has 0 heterocycles. The van der Waals surface area contributed by atoms with E-state index in [9.17, 15) is 14.4 Å². The van der Waals surface area contributed by atoms with E-state index in [-0.39, 0.29) is 6.54 Å². The third-order valence-corrected chi connectivity index (χ3v) is 4.42. The highest BCUT2D eigenvalue weighted by Crippen LogP contribution is 2.26. The molecule has 0 spiro atoms. The minimum atomic E-state index is -1.17. The molecule has 2 atom stereocenters. The number of carboxylic acids is 1. The van der Waals surface area contributed by atoms with Crippen molar-refractivity contribution in [3.63, 3.8) is 0 Å². The summed E-state index contributed by atoms with van der Waals surface area (Å²) in [5.41, 5.74) is 1.82. The number of carbonyl (C=O) groups excluding carboxylic acids is 2. The Labute approximate surface area is 179 Å². The lowest BCUT2D eigenvalue weighted by Crippen LogP contribution is -2.44. The van der Waals surface area contributed by atoms with E-state index >= 15 is 0 Å². The molecule has 0 aliphatic rings. The van der Waals surface area contributed by atoms with Gasteiger partial charge in [0.2, 0.25) is 5.91 Å². The first-order valence-electron chi connectivity index (χ1n) is 9.40. The second-order valence-electron chi connectivity index (χ2n) is 6.60. The fraction of sp³-hybridized carbons (Fsp3) is 0.238. The van der Waals surface area contributed by atoms with Crippen LogP contribution in [0.25, 0.3) is 0 Å².